The molecule has 0 radical (unpaired) electrons. The van der Waals surface area contributed by atoms with Crippen LogP contribution in [0.1, 0.15) is 22.7 Å². The van der Waals surface area contributed by atoms with Crippen LogP contribution in [-0.2, 0) is 0 Å². The first-order valence-corrected chi connectivity index (χ1v) is 6.46. The van der Waals surface area contributed by atoms with Gasteiger partial charge in [0.1, 0.15) is 0 Å². The van der Waals surface area contributed by atoms with Gasteiger partial charge in [0.15, 0.2) is 0 Å². The van der Waals surface area contributed by atoms with E-state index in [4.69, 9.17) is 5.73 Å². The summed E-state index contributed by atoms with van der Waals surface area (Å²) < 4.78 is 1.12. The van der Waals surface area contributed by atoms with Crippen LogP contribution in [0.5, 0.6) is 0 Å². The highest BCUT2D eigenvalue weighted by molar-refractivity contribution is 9.10. The van der Waals surface area contributed by atoms with Crippen molar-refractivity contribution in [2.24, 2.45) is 5.73 Å². The summed E-state index contributed by atoms with van der Waals surface area (Å²) in [7, 11) is 0. The standard InChI is InChI=1S/C12H12BrNS/c1-8-10(3-2-4-11(8)13)12(14)9-5-6-15-7-9/h2-7,12H,14H2,1H3. The zero-order valence-electron chi connectivity index (χ0n) is 8.41. The second-order valence-electron chi connectivity index (χ2n) is 3.49. The zero-order valence-corrected chi connectivity index (χ0v) is 10.8. The molecule has 0 aliphatic heterocycles. The van der Waals surface area contributed by atoms with Crippen LogP contribution in [0.4, 0.5) is 0 Å². The quantitative estimate of drug-likeness (QED) is 0.889. The Morgan fingerprint density at radius 2 is 2.13 bits per heavy atom. The van der Waals surface area contributed by atoms with E-state index in [0.717, 1.165) is 4.47 Å². The number of rotatable bonds is 2. The van der Waals surface area contributed by atoms with Crippen molar-refractivity contribution in [1.82, 2.24) is 0 Å². The lowest BCUT2D eigenvalue weighted by atomic mass is 9.98. The molecule has 2 N–H and O–H groups in total. The molecule has 15 heavy (non-hydrogen) atoms. The molecule has 1 heterocycles. The Balaban J connectivity index is 2.42. The maximum absolute atomic E-state index is 6.22. The molecule has 2 aromatic rings. The molecule has 0 amide bonds. The minimum absolute atomic E-state index is 0.0197. The molecular weight excluding hydrogens is 270 g/mol. The van der Waals surface area contributed by atoms with Gasteiger partial charge < -0.3 is 5.73 Å². The lowest BCUT2D eigenvalue weighted by Gasteiger charge is -2.14. The highest BCUT2D eigenvalue weighted by Gasteiger charge is 2.12. The van der Waals surface area contributed by atoms with Crippen LogP contribution in [0, 0.1) is 6.92 Å². The predicted molar refractivity (Wildman–Crippen MR) is 69.2 cm³/mol. The molecule has 1 atom stereocenters. The minimum atomic E-state index is -0.0197. The Kier molecular flexibility index (Phi) is 3.24. The number of thiophene rings is 1. The fourth-order valence-corrected chi connectivity index (χ4v) is 2.67. The van der Waals surface area contributed by atoms with Crippen LogP contribution in [0.25, 0.3) is 0 Å². The van der Waals surface area contributed by atoms with Gasteiger partial charge in [-0.05, 0) is 46.5 Å². The molecule has 0 fully saturated rings. The molecule has 3 heteroatoms. The van der Waals surface area contributed by atoms with Crippen molar-refractivity contribution < 1.29 is 0 Å². The van der Waals surface area contributed by atoms with Crippen molar-refractivity contribution in [3.63, 3.8) is 0 Å². The number of hydrogen-bond donors (Lipinski definition) is 1. The van der Waals surface area contributed by atoms with Crippen LogP contribution in [0.3, 0.4) is 0 Å². The number of halogens is 1. The maximum Gasteiger partial charge on any atom is 0.0562 e. The second-order valence-corrected chi connectivity index (χ2v) is 5.12. The van der Waals surface area contributed by atoms with Crippen molar-refractivity contribution in [3.8, 4) is 0 Å². The van der Waals surface area contributed by atoms with E-state index in [1.807, 2.05) is 12.1 Å². The van der Waals surface area contributed by atoms with Gasteiger partial charge in [-0.15, -0.1) is 0 Å². The van der Waals surface area contributed by atoms with Gasteiger partial charge in [0, 0.05) is 4.47 Å². The summed E-state index contributed by atoms with van der Waals surface area (Å²) in [5.74, 6) is 0. The first-order chi connectivity index (χ1) is 7.20. The lowest BCUT2D eigenvalue weighted by molar-refractivity contribution is 0.865. The third-order valence-electron chi connectivity index (χ3n) is 2.55. The van der Waals surface area contributed by atoms with Crippen molar-refractivity contribution >= 4 is 27.3 Å². The third-order valence-corrected chi connectivity index (χ3v) is 4.11. The van der Waals surface area contributed by atoms with Gasteiger partial charge in [-0.25, -0.2) is 0 Å². The van der Waals surface area contributed by atoms with E-state index < -0.39 is 0 Å². The first kappa shape index (κ1) is 10.9. The third kappa shape index (κ3) is 2.14. The molecule has 0 saturated carbocycles. The van der Waals surface area contributed by atoms with Gasteiger partial charge in [-0.3, -0.25) is 0 Å². The van der Waals surface area contributed by atoms with Gasteiger partial charge >= 0.3 is 0 Å². The maximum atomic E-state index is 6.22. The lowest BCUT2D eigenvalue weighted by Crippen LogP contribution is -2.12. The van der Waals surface area contributed by atoms with Crippen molar-refractivity contribution in [3.05, 3.63) is 56.2 Å². The molecule has 2 rings (SSSR count). The molecule has 1 nitrogen and oxygen atoms in total. The average Bonchev–Trinajstić information content (AvgIpc) is 2.74. The van der Waals surface area contributed by atoms with Crippen LogP contribution in [0.15, 0.2) is 39.5 Å². The second kappa shape index (κ2) is 4.47. The SMILES string of the molecule is Cc1c(Br)cccc1C(N)c1ccsc1. The Morgan fingerprint density at radius 3 is 2.80 bits per heavy atom. The molecule has 0 bridgehead atoms. The summed E-state index contributed by atoms with van der Waals surface area (Å²) in [6.45, 7) is 2.09. The Morgan fingerprint density at radius 1 is 1.33 bits per heavy atom. The van der Waals surface area contributed by atoms with E-state index in [-0.39, 0.29) is 6.04 Å². The summed E-state index contributed by atoms with van der Waals surface area (Å²) in [5.41, 5.74) is 9.80. The number of nitrogens with two attached hydrogens (primary N) is 1. The largest absolute Gasteiger partial charge is 0.320 e. The normalized spacial score (nSPS) is 12.7. The Bertz CT molecular complexity index is 451. The van der Waals surface area contributed by atoms with Crippen molar-refractivity contribution in [2.75, 3.05) is 0 Å². The molecule has 1 aromatic heterocycles. The molecule has 1 aromatic carbocycles. The van der Waals surface area contributed by atoms with E-state index in [2.05, 4.69) is 45.7 Å². The highest BCUT2D eigenvalue weighted by Crippen LogP contribution is 2.28. The van der Waals surface area contributed by atoms with Crippen LogP contribution < -0.4 is 5.73 Å². The van der Waals surface area contributed by atoms with Gasteiger partial charge in [-0.1, -0.05) is 28.1 Å². The smallest absolute Gasteiger partial charge is 0.0562 e. The van der Waals surface area contributed by atoms with E-state index in [9.17, 15) is 0 Å². The van der Waals surface area contributed by atoms with Gasteiger partial charge in [-0.2, -0.15) is 11.3 Å². The van der Waals surface area contributed by atoms with Gasteiger partial charge in [0.2, 0.25) is 0 Å². The molecule has 78 valence electrons. The topological polar surface area (TPSA) is 26.0 Å². The van der Waals surface area contributed by atoms with E-state index in [1.165, 1.54) is 16.7 Å². The molecule has 1 unspecified atom stereocenters. The number of hydrogen-bond acceptors (Lipinski definition) is 2. The molecule has 0 aliphatic rings. The summed E-state index contributed by atoms with van der Waals surface area (Å²) >= 11 is 5.21. The average molecular weight is 282 g/mol. The van der Waals surface area contributed by atoms with Crippen LogP contribution in [-0.4, -0.2) is 0 Å². The van der Waals surface area contributed by atoms with Gasteiger partial charge in [0.05, 0.1) is 6.04 Å². The summed E-state index contributed by atoms with van der Waals surface area (Å²) in [4.78, 5) is 0. The summed E-state index contributed by atoms with van der Waals surface area (Å²) in [5, 5.41) is 4.16. The number of benzene rings is 1. The summed E-state index contributed by atoms with van der Waals surface area (Å²) in [6.07, 6.45) is 0. The fraction of sp³-hybridized carbons (Fsp3) is 0.167. The monoisotopic (exact) mass is 281 g/mol. The first-order valence-electron chi connectivity index (χ1n) is 4.73. The van der Waals surface area contributed by atoms with Crippen LogP contribution >= 0.6 is 27.3 Å². The van der Waals surface area contributed by atoms with E-state index in [0.29, 0.717) is 0 Å². The highest BCUT2D eigenvalue weighted by atomic mass is 79.9. The Hall–Kier alpha value is -0.640. The Labute approximate surface area is 102 Å². The fourth-order valence-electron chi connectivity index (χ4n) is 1.59. The van der Waals surface area contributed by atoms with E-state index in [1.54, 1.807) is 11.3 Å². The molecular formula is C12H12BrNS. The van der Waals surface area contributed by atoms with Crippen LogP contribution in [0.2, 0.25) is 0 Å². The molecule has 0 saturated heterocycles. The summed E-state index contributed by atoms with van der Waals surface area (Å²) in [6, 6.07) is 8.21. The molecule has 0 spiro atoms. The zero-order chi connectivity index (χ0) is 10.8. The van der Waals surface area contributed by atoms with Crippen molar-refractivity contribution in [1.29, 1.82) is 0 Å². The minimum Gasteiger partial charge on any atom is -0.320 e. The van der Waals surface area contributed by atoms with E-state index >= 15 is 0 Å². The predicted octanol–water partition coefficient (Wildman–Crippen LogP) is 3.87. The molecule has 0 aliphatic carbocycles. The van der Waals surface area contributed by atoms with Gasteiger partial charge in [0.25, 0.3) is 0 Å². The van der Waals surface area contributed by atoms with Crippen molar-refractivity contribution in [2.45, 2.75) is 13.0 Å².